The highest BCUT2D eigenvalue weighted by molar-refractivity contribution is 7.99. The third-order valence-corrected chi connectivity index (χ3v) is 10.5. The Hall–Kier alpha value is -2.88. The maximum atomic E-state index is 11.9. The highest BCUT2D eigenvalue weighted by Crippen LogP contribution is 2.44. The fraction of sp³-hybridized carbons (Fsp3) is 0.525. The van der Waals surface area contributed by atoms with Gasteiger partial charge in [0, 0.05) is 11.8 Å². The summed E-state index contributed by atoms with van der Waals surface area (Å²) in [7, 11) is 0. The van der Waals surface area contributed by atoms with Crippen LogP contribution in [0.4, 0.5) is 0 Å². The third-order valence-electron chi connectivity index (χ3n) is 9.30. The molecule has 3 aromatic carbocycles. The molecule has 0 radical (unpaired) electrons. The Morgan fingerprint density at radius 2 is 1.10 bits per heavy atom. The lowest BCUT2D eigenvalue weighted by Crippen LogP contribution is -2.61. The van der Waals surface area contributed by atoms with E-state index < -0.39 is 78.1 Å². The molecule has 52 heavy (non-hydrogen) atoms. The van der Waals surface area contributed by atoms with Crippen molar-refractivity contribution in [3.63, 3.8) is 0 Å². The van der Waals surface area contributed by atoms with Crippen LogP contribution >= 0.6 is 11.8 Å². The van der Waals surface area contributed by atoms with Crippen LogP contribution in [-0.2, 0) is 65.4 Å². The monoisotopic (exact) mass is 736 g/mol. The van der Waals surface area contributed by atoms with Crippen molar-refractivity contribution in [3.05, 3.63) is 102 Å². The summed E-state index contributed by atoms with van der Waals surface area (Å²) in [5, 5.41) is 0. The molecule has 4 heterocycles. The molecule has 4 aliphatic heterocycles. The maximum absolute atomic E-state index is 11.9. The van der Waals surface area contributed by atoms with Crippen molar-refractivity contribution in [1.29, 1.82) is 0 Å². The van der Waals surface area contributed by atoms with Gasteiger partial charge in [-0.25, -0.2) is 0 Å². The highest BCUT2D eigenvalue weighted by atomic mass is 32.2. The van der Waals surface area contributed by atoms with Crippen molar-refractivity contribution in [2.75, 3.05) is 13.2 Å². The van der Waals surface area contributed by atoms with Gasteiger partial charge >= 0.3 is 5.97 Å². The Labute approximate surface area is 309 Å². The first-order valence-corrected chi connectivity index (χ1v) is 18.7. The average Bonchev–Trinajstić information content (AvgIpc) is 3.64. The molecular formula is C40H48O11S. The Kier molecular flexibility index (Phi) is 11.7. The number of thioether (sulfide) groups is 1. The van der Waals surface area contributed by atoms with E-state index in [0.29, 0.717) is 13.2 Å². The lowest BCUT2D eigenvalue weighted by Gasteiger charge is -2.44. The quantitative estimate of drug-likeness (QED) is 0.192. The first kappa shape index (κ1) is 37.4. The van der Waals surface area contributed by atoms with Gasteiger partial charge in [-0.2, -0.15) is 0 Å². The second-order valence-corrected chi connectivity index (χ2v) is 15.5. The van der Waals surface area contributed by atoms with Gasteiger partial charge in [0.2, 0.25) is 0 Å². The largest absolute Gasteiger partial charge is 0.463 e. The molecule has 10 atom stereocenters. The molecule has 11 nitrogen and oxygen atoms in total. The normalized spacial score (nSPS) is 33.2. The number of rotatable bonds is 13. The number of hydrogen-bond donors (Lipinski definition) is 0. The zero-order valence-electron chi connectivity index (χ0n) is 30.2. The zero-order valence-corrected chi connectivity index (χ0v) is 31.0. The van der Waals surface area contributed by atoms with Crippen LogP contribution in [0.3, 0.4) is 0 Å². The number of benzene rings is 3. The van der Waals surface area contributed by atoms with Gasteiger partial charge in [0.25, 0.3) is 0 Å². The number of ether oxygens (including phenoxy) is 10. The fourth-order valence-electron chi connectivity index (χ4n) is 7.08. The summed E-state index contributed by atoms with van der Waals surface area (Å²) in [4.78, 5) is 12.9. The van der Waals surface area contributed by atoms with Crippen LogP contribution in [0.15, 0.2) is 95.9 Å². The molecule has 0 saturated carbocycles. The van der Waals surface area contributed by atoms with Crippen LogP contribution in [0.5, 0.6) is 0 Å². The van der Waals surface area contributed by atoms with Gasteiger partial charge < -0.3 is 47.4 Å². The number of carbonyl (C=O) groups excluding carboxylic acids is 1. The second kappa shape index (κ2) is 16.2. The van der Waals surface area contributed by atoms with Gasteiger partial charge in [0.05, 0.1) is 19.8 Å². The van der Waals surface area contributed by atoms with Gasteiger partial charge in [-0.15, -0.1) is 0 Å². The minimum atomic E-state index is -0.923. The van der Waals surface area contributed by atoms with E-state index in [1.807, 2.05) is 119 Å². The van der Waals surface area contributed by atoms with Crippen molar-refractivity contribution in [2.24, 2.45) is 0 Å². The standard InChI is InChI=1S/C40H48O11S/c1-25(41)42-23-29-31-33(50-39(2,3)48-31)35(43-21-26-15-9-6-10-16-26)37(46-29)45-24-30-32-34(51-40(4,5)49-32)36(44-22-27-17-11-7-12-18-27)38(47-30)52-28-19-13-8-14-20-28/h6-20,29-38H,21-24H2,1-5H3/t29-,30-,31+,32+,33+,34+,35-,36-,37?,38+/m1/s1. The predicted octanol–water partition coefficient (Wildman–Crippen LogP) is 6.02. The first-order valence-electron chi connectivity index (χ1n) is 17.8. The molecule has 280 valence electrons. The van der Waals surface area contributed by atoms with Crippen molar-refractivity contribution in [2.45, 2.75) is 125 Å². The van der Waals surface area contributed by atoms with Crippen LogP contribution in [0.1, 0.15) is 45.7 Å². The molecule has 0 amide bonds. The van der Waals surface area contributed by atoms with E-state index in [4.69, 9.17) is 47.4 Å². The topological polar surface area (TPSA) is 109 Å². The summed E-state index contributed by atoms with van der Waals surface area (Å²) in [6.07, 6.45) is -5.39. The van der Waals surface area contributed by atoms with E-state index >= 15 is 0 Å². The van der Waals surface area contributed by atoms with Gasteiger partial charge in [-0.1, -0.05) is 90.6 Å². The first-order chi connectivity index (χ1) is 25.0. The third kappa shape index (κ3) is 9.07. The lowest BCUT2D eigenvalue weighted by atomic mass is 9.98. The fourth-order valence-corrected chi connectivity index (χ4v) is 8.23. The molecule has 0 aromatic heterocycles. The van der Waals surface area contributed by atoms with E-state index in [0.717, 1.165) is 16.0 Å². The molecular weight excluding hydrogens is 688 g/mol. The maximum Gasteiger partial charge on any atom is 0.302 e. The predicted molar refractivity (Wildman–Crippen MR) is 190 cm³/mol. The Bertz CT molecular complexity index is 1590. The summed E-state index contributed by atoms with van der Waals surface area (Å²) in [6.45, 7) is 9.56. The molecule has 4 aliphatic rings. The van der Waals surface area contributed by atoms with Gasteiger partial charge in [0.1, 0.15) is 60.9 Å². The van der Waals surface area contributed by atoms with E-state index in [9.17, 15) is 4.79 Å². The van der Waals surface area contributed by atoms with Gasteiger partial charge in [0.15, 0.2) is 17.9 Å². The molecule has 0 aliphatic carbocycles. The smallest absolute Gasteiger partial charge is 0.302 e. The van der Waals surface area contributed by atoms with Crippen LogP contribution < -0.4 is 0 Å². The van der Waals surface area contributed by atoms with Gasteiger partial charge in [-0.3, -0.25) is 4.79 Å². The molecule has 12 heteroatoms. The average molecular weight is 737 g/mol. The van der Waals surface area contributed by atoms with E-state index in [-0.39, 0.29) is 13.2 Å². The Morgan fingerprint density at radius 3 is 1.65 bits per heavy atom. The number of hydrogen-bond acceptors (Lipinski definition) is 12. The van der Waals surface area contributed by atoms with Crippen LogP contribution in [0, 0.1) is 0 Å². The van der Waals surface area contributed by atoms with Crippen molar-refractivity contribution in [1.82, 2.24) is 0 Å². The van der Waals surface area contributed by atoms with E-state index in [1.54, 1.807) is 11.8 Å². The molecule has 1 unspecified atom stereocenters. The Morgan fingerprint density at radius 1 is 0.615 bits per heavy atom. The molecule has 4 saturated heterocycles. The number of fused-ring (bicyclic) bond motifs is 2. The van der Waals surface area contributed by atoms with Crippen LogP contribution in [-0.4, -0.2) is 91.3 Å². The van der Waals surface area contributed by atoms with E-state index in [2.05, 4.69) is 0 Å². The van der Waals surface area contributed by atoms with Crippen LogP contribution in [0.2, 0.25) is 0 Å². The minimum Gasteiger partial charge on any atom is -0.463 e. The minimum absolute atomic E-state index is 0.0345. The summed E-state index contributed by atoms with van der Waals surface area (Å²) in [6, 6.07) is 30.0. The highest BCUT2D eigenvalue weighted by Gasteiger charge is 2.59. The Balaban J connectivity index is 1.14. The summed E-state index contributed by atoms with van der Waals surface area (Å²) in [5.41, 5.74) is 1.58. The van der Waals surface area contributed by atoms with Crippen molar-refractivity contribution >= 4 is 17.7 Å². The second-order valence-electron chi connectivity index (χ2n) is 14.3. The van der Waals surface area contributed by atoms with Crippen LogP contribution in [0.25, 0.3) is 0 Å². The van der Waals surface area contributed by atoms with Crippen molar-refractivity contribution in [3.8, 4) is 0 Å². The molecule has 0 bridgehead atoms. The van der Waals surface area contributed by atoms with E-state index in [1.165, 1.54) is 6.92 Å². The number of carbonyl (C=O) groups is 1. The molecule has 7 rings (SSSR count). The molecule has 0 spiro atoms. The molecule has 3 aromatic rings. The molecule has 4 fully saturated rings. The summed E-state index contributed by atoms with van der Waals surface area (Å²) >= 11 is 1.57. The number of esters is 1. The summed E-state index contributed by atoms with van der Waals surface area (Å²) in [5.74, 6) is -2.23. The van der Waals surface area contributed by atoms with Gasteiger partial charge in [-0.05, 0) is 51.0 Å². The summed E-state index contributed by atoms with van der Waals surface area (Å²) < 4.78 is 64.4. The lowest BCUT2D eigenvalue weighted by molar-refractivity contribution is -0.304. The zero-order chi connectivity index (χ0) is 36.3. The van der Waals surface area contributed by atoms with Crippen molar-refractivity contribution < 1.29 is 52.2 Å². The SMILES string of the molecule is CC(=O)OC[C@H]1OC(OC[C@H]2O[C@@H](Sc3ccccc3)[C@H](OCc3ccccc3)[C@H]3OC(C)(C)O[C@H]32)[C@H](OCc2ccccc2)[C@H]2OC(C)(C)O[C@H]21. The molecule has 0 N–H and O–H groups in total.